The van der Waals surface area contributed by atoms with E-state index in [-0.39, 0.29) is 29.1 Å². The van der Waals surface area contributed by atoms with Crippen LogP contribution in [0.15, 0.2) is 69.5 Å². The topological polar surface area (TPSA) is 88.2 Å². The van der Waals surface area contributed by atoms with Crippen molar-refractivity contribution in [2.45, 2.75) is 18.2 Å². The molecule has 0 saturated heterocycles. The van der Waals surface area contributed by atoms with Gasteiger partial charge >= 0.3 is 0 Å². The van der Waals surface area contributed by atoms with Gasteiger partial charge in [-0.2, -0.15) is 0 Å². The minimum Gasteiger partial charge on any atom is -0.325 e. The van der Waals surface area contributed by atoms with Crippen LogP contribution in [0.2, 0.25) is 0 Å². The van der Waals surface area contributed by atoms with Gasteiger partial charge in [0.2, 0.25) is 11.8 Å². The Morgan fingerprint density at radius 2 is 1.57 bits per heavy atom. The van der Waals surface area contributed by atoms with Crippen LogP contribution in [-0.4, -0.2) is 39.8 Å². The van der Waals surface area contributed by atoms with Gasteiger partial charge in [0.25, 0.3) is 0 Å². The molecule has 3 aromatic carbocycles. The van der Waals surface area contributed by atoms with Crippen LogP contribution in [0.1, 0.15) is 21.5 Å². The number of ketones is 1. The van der Waals surface area contributed by atoms with Crippen LogP contribution in [0.25, 0.3) is 10.2 Å². The number of halogens is 1. The molecule has 4 rings (SSSR count). The zero-order valence-corrected chi connectivity index (χ0v) is 24.2. The van der Waals surface area contributed by atoms with Crippen molar-refractivity contribution in [3.63, 3.8) is 0 Å². The van der Waals surface area contributed by atoms with E-state index >= 15 is 0 Å². The first kappa shape index (κ1) is 27.4. The van der Waals surface area contributed by atoms with E-state index in [4.69, 9.17) is 0 Å². The Morgan fingerprint density at radius 3 is 2.27 bits per heavy atom. The number of nitrogens with zero attached hydrogens (tertiary/aromatic N) is 1. The summed E-state index contributed by atoms with van der Waals surface area (Å²) in [5.74, 6) is 0.395. The van der Waals surface area contributed by atoms with Gasteiger partial charge in [-0.05, 0) is 55.3 Å². The third kappa shape index (κ3) is 7.67. The fraction of sp³-hybridized carbons (Fsp3) is 0.185. The molecular formula is C27H24BrN3O3S3. The molecule has 37 heavy (non-hydrogen) atoms. The van der Waals surface area contributed by atoms with Gasteiger partial charge in [-0.25, -0.2) is 4.98 Å². The van der Waals surface area contributed by atoms with Gasteiger partial charge in [-0.3, -0.25) is 14.4 Å². The van der Waals surface area contributed by atoms with E-state index in [0.717, 1.165) is 35.8 Å². The fourth-order valence-electron chi connectivity index (χ4n) is 3.51. The molecule has 2 N–H and O–H groups in total. The highest BCUT2D eigenvalue weighted by Crippen LogP contribution is 2.32. The Balaban J connectivity index is 1.25. The molecule has 2 amide bonds. The Morgan fingerprint density at radius 1 is 0.892 bits per heavy atom. The molecule has 0 atom stereocenters. The van der Waals surface area contributed by atoms with Crippen LogP contribution in [-0.2, 0) is 9.59 Å². The number of carbonyl (C=O) groups is 3. The Kier molecular flexibility index (Phi) is 9.42. The van der Waals surface area contributed by atoms with Gasteiger partial charge in [0, 0.05) is 21.4 Å². The molecule has 0 aliphatic heterocycles. The molecular weight excluding hydrogens is 590 g/mol. The number of para-hydroxylation sites is 1. The van der Waals surface area contributed by atoms with Gasteiger partial charge in [-0.1, -0.05) is 58.0 Å². The number of Topliss-reactive ketones (excluding diaryl/α,β-unsaturated/α-hetero) is 1. The quantitative estimate of drug-likeness (QED) is 0.148. The largest absolute Gasteiger partial charge is 0.325 e. The van der Waals surface area contributed by atoms with Gasteiger partial charge in [0.05, 0.1) is 27.5 Å². The van der Waals surface area contributed by atoms with Crippen molar-refractivity contribution in [1.82, 2.24) is 4.98 Å². The Hall–Kier alpha value is -2.66. The molecule has 10 heteroatoms. The van der Waals surface area contributed by atoms with Crippen molar-refractivity contribution in [3.05, 3.63) is 81.8 Å². The van der Waals surface area contributed by atoms with E-state index < -0.39 is 0 Å². The average molecular weight is 615 g/mol. The van der Waals surface area contributed by atoms with E-state index in [2.05, 4.69) is 31.5 Å². The maximum absolute atomic E-state index is 12.4. The molecule has 0 radical (unpaired) electrons. The highest BCUT2D eigenvalue weighted by Gasteiger charge is 2.12. The number of aromatic nitrogens is 1. The molecule has 0 bridgehead atoms. The molecule has 190 valence electrons. The number of benzene rings is 3. The van der Waals surface area contributed by atoms with Crippen molar-refractivity contribution in [1.29, 1.82) is 0 Å². The second-order valence-electron chi connectivity index (χ2n) is 8.24. The lowest BCUT2D eigenvalue weighted by Gasteiger charge is -2.11. The maximum atomic E-state index is 12.4. The normalized spacial score (nSPS) is 10.9. The van der Waals surface area contributed by atoms with E-state index in [1.54, 1.807) is 18.2 Å². The lowest BCUT2D eigenvalue weighted by atomic mass is 10.1. The molecule has 1 aromatic heterocycles. The van der Waals surface area contributed by atoms with Crippen molar-refractivity contribution < 1.29 is 14.4 Å². The van der Waals surface area contributed by atoms with Crippen LogP contribution in [0.5, 0.6) is 0 Å². The zero-order valence-electron chi connectivity index (χ0n) is 20.2. The number of aryl methyl sites for hydroxylation is 2. The first-order chi connectivity index (χ1) is 17.8. The number of thioether (sulfide) groups is 2. The summed E-state index contributed by atoms with van der Waals surface area (Å²) in [6, 6.07) is 18.7. The summed E-state index contributed by atoms with van der Waals surface area (Å²) >= 11 is 7.53. The fourth-order valence-corrected chi connectivity index (χ4v) is 6.39. The summed E-state index contributed by atoms with van der Waals surface area (Å²) < 4.78 is 2.66. The SMILES string of the molecule is Cc1cccc(C)c1NC(=O)CSCC(=O)Nc1ccc2nc(SCC(=O)c3ccc(Br)cc3)sc2c1. The number of hydrogen-bond acceptors (Lipinski definition) is 7. The number of carbonyl (C=O) groups excluding carboxylic acids is 3. The number of nitrogens with one attached hydrogen (secondary N) is 2. The number of hydrogen-bond donors (Lipinski definition) is 2. The lowest BCUT2D eigenvalue weighted by Crippen LogP contribution is -2.19. The van der Waals surface area contributed by atoms with Crippen LogP contribution < -0.4 is 10.6 Å². The predicted molar refractivity (Wildman–Crippen MR) is 159 cm³/mol. The third-order valence-electron chi connectivity index (χ3n) is 5.36. The molecule has 0 fully saturated rings. The second-order valence-corrected chi connectivity index (χ2v) is 12.4. The number of anilines is 2. The number of fused-ring (bicyclic) bond motifs is 1. The second kappa shape index (κ2) is 12.7. The first-order valence-electron chi connectivity index (χ1n) is 11.3. The Bertz CT molecular complexity index is 1430. The molecule has 1 heterocycles. The molecule has 0 unspecified atom stereocenters. The van der Waals surface area contributed by atoms with Crippen molar-refractivity contribution in [2.24, 2.45) is 0 Å². The molecule has 4 aromatic rings. The highest BCUT2D eigenvalue weighted by atomic mass is 79.9. The van der Waals surface area contributed by atoms with Crippen LogP contribution in [0.4, 0.5) is 11.4 Å². The summed E-state index contributed by atoms with van der Waals surface area (Å²) in [5.41, 5.74) is 5.00. The summed E-state index contributed by atoms with van der Waals surface area (Å²) in [5, 5.41) is 5.81. The summed E-state index contributed by atoms with van der Waals surface area (Å²) in [7, 11) is 0. The third-order valence-corrected chi connectivity index (χ3v) is 8.98. The van der Waals surface area contributed by atoms with E-state index in [1.165, 1.54) is 34.9 Å². The van der Waals surface area contributed by atoms with Crippen LogP contribution >= 0.6 is 50.8 Å². The molecule has 0 spiro atoms. The van der Waals surface area contributed by atoms with Crippen LogP contribution in [0, 0.1) is 13.8 Å². The molecule has 0 aliphatic rings. The van der Waals surface area contributed by atoms with Gasteiger partial charge < -0.3 is 10.6 Å². The smallest absolute Gasteiger partial charge is 0.234 e. The van der Waals surface area contributed by atoms with E-state index in [0.29, 0.717) is 17.0 Å². The monoisotopic (exact) mass is 613 g/mol. The molecule has 6 nitrogen and oxygen atoms in total. The predicted octanol–water partition coefficient (Wildman–Crippen LogP) is 6.96. The minimum absolute atomic E-state index is 0.0462. The first-order valence-corrected chi connectivity index (χ1v) is 15.1. The summed E-state index contributed by atoms with van der Waals surface area (Å²) in [6.07, 6.45) is 0. The maximum Gasteiger partial charge on any atom is 0.234 e. The van der Waals surface area contributed by atoms with Gasteiger partial charge in [0.15, 0.2) is 10.1 Å². The van der Waals surface area contributed by atoms with Gasteiger partial charge in [0.1, 0.15) is 0 Å². The van der Waals surface area contributed by atoms with Gasteiger partial charge in [-0.15, -0.1) is 23.1 Å². The number of rotatable bonds is 10. The zero-order chi connectivity index (χ0) is 26.4. The number of thiazole rings is 1. The van der Waals surface area contributed by atoms with Crippen molar-refractivity contribution in [2.75, 3.05) is 27.9 Å². The van der Waals surface area contributed by atoms with E-state index in [1.807, 2.05) is 56.3 Å². The lowest BCUT2D eigenvalue weighted by molar-refractivity contribution is -0.114. The molecule has 0 aliphatic carbocycles. The summed E-state index contributed by atoms with van der Waals surface area (Å²) in [4.78, 5) is 41.7. The molecule has 0 saturated carbocycles. The highest BCUT2D eigenvalue weighted by molar-refractivity contribution is 9.10. The number of amides is 2. The van der Waals surface area contributed by atoms with Crippen molar-refractivity contribution in [3.8, 4) is 0 Å². The van der Waals surface area contributed by atoms with E-state index in [9.17, 15) is 14.4 Å². The van der Waals surface area contributed by atoms with Crippen LogP contribution in [0.3, 0.4) is 0 Å². The standard InChI is InChI=1S/C27H24BrN3O3S3/c1-16-4-3-5-17(2)26(16)31-25(34)15-35-14-24(33)29-20-10-11-21-23(12-20)37-27(30-21)36-13-22(32)18-6-8-19(28)9-7-18/h3-12H,13-15H2,1-2H3,(H,29,33)(H,31,34). The average Bonchev–Trinajstić information content (AvgIpc) is 3.27. The summed E-state index contributed by atoms with van der Waals surface area (Å²) in [6.45, 7) is 3.91. The minimum atomic E-state index is -0.177. The Labute approximate surface area is 236 Å². The van der Waals surface area contributed by atoms with Crippen molar-refractivity contribution >= 4 is 90.0 Å².